The van der Waals surface area contributed by atoms with Gasteiger partial charge in [0.2, 0.25) is 0 Å². The quantitative estimate of drug-likeness (QED) is 0.451. The summed E-state index contributed by atoms with van der Waals surface area (Å²) in [5, 5.41) is 14.4. The Hall–Kier alpha value is -2.97. The molecule has 1 fully saturated rings. The van der Waals surface area contributed by atoms with Crippen LogP contribution in [0.5, 0.6) is 5.75 Å². The highest BCUT2D eigenvalue weighted by Gasteiger charge is 2.23. The highest BCUT2D eigenvalue weighted by molar-refractivity contribution is 7.13. The fraction of sp³-hybridized carbons (Fsp3) is 0.286. The van der Waals surface area contributed by atoms with Gasteiger partial charge in [-0.1, -0.05) is 12.1 Å². The van der Waals surface area contributed by atoms with Gasteiger partial charge in [0.15, 0.2) is 0 Å². The van der Waals surface area contributed by atoms with E-state index >= 15 is 0 Å². The Balaban J connectivity index is 1.37. The van der Waals surface area contributed by atoms with Crippen molar-refractivity contribution in [3.8, 4) is 16.3 Å². The number of thiazole rings is 1. The molecule has 7 nitrogen and oxygen atoms in total. The molecule has 150 valence electrons. The van der Waals surface area contributed by atoms with Crippen molar-refractivity contribution in [3.05, 3.63) is 69.7 Å². The summed E-state index contributed by atoms with van der Waals surface area (Å²) in [4.78, 5) is 20.2. The van der Waals surface area contributed by atoms with Crippen molar-refractivity contribution >= 4 is 22.7 Å². The van der Waals surface area contributed by atoms with Crippen LogP contribution in [0.25, 0.3) is 10.6 Å². The molecule has 2 aromatic carbocycles. The van der Waals surface area contributed by atoms with Gasteiger partial charge in [-0.15, -0.1) is 11.3 Å². The lowest BCUT2D eigenvalue weighted by Gasteiger charge is -2.35. The summed E-state index contributed by atoms with van der Waals surface area (Å²) in [6, 6.07) is 14.9. The van der Waals surface area contributed by atoms with Crippen LogP contribution in [0, 0.1) is 10.1 Å². The zero-order chi connectivity index (χ0) is 20.2. The molecule has 1 aliphatic rings. The van der Waals surface area contributed by atoms with Gasteiger partial charge in [-0.3, -0.25) is 15.0 Å². The Morgan fingerprint density at radius 1 is 1.10 bits per heavy atom. The van der Waals surface area contributed by atoms with Gasteiger partial charge in [-0.05, 0) is 30.3 Å². The smallest absolute Gasteiger partial charge is 0.292 e. The number of nitro benzene ring substituents is 1. The number of aromatic nitrogens is 1. The monoisotopic (exact) mass is 410 g/mol. The lowest BCUT2D eigenvalue weighted by Crippen LogP contribution is -2.46. The summed E-state index contributed by atoms with van der Waals surface area (Å²) < 4.78 is 5.21. The van der Waals surface area contributed by atoms with Crippen LogP contribution in [-0.4, -0.2) is 48.1 Å². The maximum absolute atomic E-state index is 11.3. The van der Waals surface area contributed by atoms with Crippen molar-refractivity contribution in [2.24, 2.45) is 0 Å². The molecule has 4 rings (SSSR count). The molecule has 0 aliphatic carbocycles. The van der Waals surface area contributed by atoms with Crippen molar-refractivity contribution in [2.45, 2.75) is 6.54 Å². The van der Waals surface area contributed by atoms with E-state index in [2.05, 4.69) is 15.2 Å². The molecule has 0 bridgehead atoms. The van der Waals surface area contributed by atoms with Gasteiger partial charge in [-0.25, -0.2) is 4.98 Å². The molecule has 0 spiro atoms. The van der Waals surface area contributed by atoms with Crippen LogP contribution in [0.3, 0.4) is 0 Å². The summed E-state index contributed by atoms with van der Waals surface area (Å²) in [6.45, 7) is 4.01. The number of benzene rings is 2. The van der Waals surface area contributed by atoms with E-state index in [1.54, 1.807) is 30.6 Å². The Kier molecular flexibility index (Phi) is 5.73. The number of ether oxygens (including phenoxy) is 1. The first kappa shape index (κ1) is 19.4. The van der Waals surface area contributed by atoms with Crippen molar-refractivity contribution in [2.75, 3.05) is 38.2 Å². The third kappa shape index (κ3) is 4.38. The van der Waals surface area contributed by atoms with E-state index in [-0.39, 0.29) is 10.6 Å². The first-order chi connectivity index (χ1) is 14.1. The van der Waals surface area contributed by atoms with Gasteiger partial charge in [0.1, 0.15) is 16.4 Å². The summed E-state index contributed by atoms with van der Waals surface area (Å²) >= 11 is 1.64. The second-order valence-electron chi connectivity index (χ2n) is 6.88. The second-order valence-corrected chi connectivity index (χ2v) is 7.74. The topological polar surface area (TPSA) is 71.7 Å². The number of methoxy groups -OCH3 is 1. The van der Waals surface area contributed by atoms with Crippen molar-refractivity contribution in [1.29, 1.82) is 0 Å². The Morgan fingerprint density at radius 2 is 1.83 bits per heavy atom. The Labute approximate surface area is 173 Å². The van der Waals surface area contributed by atoms with E-state index in [1.165, 1.54) is 0 Å². The molecule has 0 N–H and O–H groups in total. The molecule has 8 heteroatoms. The summed E-state index contributed by atoms with van der Waals surface area (Å²) in [5.74, 6) is 0.835. The fourth-order valence-corrected chi connectivity index (χ4v) is 4.32. The molecule has 1 saturated heterocycles. The maximum Gasteiger partial charge on any atom is 0.292 e. The number of anilines is 1. The van der Waals surface area contributed by atoms with Gasteiger partial charge in [0.05, 0.1) is 17.7 Å². The van der Waals surface area contributed by atoms with Gasteiger partial charge >= 0.3 is 0 Å². The highest BCUT2D eigenvalue weighted by Crippen LogP contribution is 2.29. The first-order valence-electron chi connectivity index (χ1n) is 9.43. The lowest BCUT2D eigenvalue weighted by molar-refractivity contribution is -0.384. The van der Waals surface area contributed by atoms with Crippen molar-refractivity contribution < 1.29 is 9.66 Å². The molecule has 29 heavy (non-hydrogen) atoms. The molecule has 0 atom stereocenters. The molecule has 1 aromatic heterocycles. The minimum absolute atomic E-state index is 0.171. The van der Waals surface area contributed by atoms with Crippen LogP contribution in [0.2, 0.25) is 0 Å². The molecule has 3 aromatic rings. The minimum atomic E-state index is -0.308. The zero-order valence-corrected chi connectivity index (χ0v) is 17.0. The van der Waals surface area contributed by atoms with Crippen molar-refractivity contribution in [3.63, 3.8) is 0 Å². The van der Waals surface area contributed by atoms with E-state index < -0.39 is 0 Å². The number of hydrogen-bond donors (Lipinski definition) is 0. The SMILES string of the molecule is COc1ccc(-c2nc(CN3CCN(c4ccccc4[N+](=O)[O-])CC3)cs2)cc1. The molecular weight excluding hydrogens is 388 g/mol. The standard InChI is InChI=1S/C21H22N4O3S/c1-28-18-8-6-16(7-9-18)21-22-17(15-29-21)14-23-10-12-24(13-11-23)19-4-2-3-5-20(19)25(26)27/h2-9,15H,10-14H2,1H3. The maximum atomic E-state index is 11.3. The number of rotatable bonds is 6. The summed E-state index contributed by atoms with van der Waals surface area (Å²) in [5.41, 5.74) is 3.01. The minimum Gasteiger partial charge on any atom is -0.497 e. The molecule has 0 unspecified atom stereocenters. The normalized spacial score (nSPS) is 14.7. The van der Waals surface area contributed by atoms with Gasteiger partial charge in [0, 0.05) is 49.7 Å². The first-order valence-corrected chi connectivity index (χ1v) is 10.3. The fourth-order valence-electron chi connectivity index (χ4n) is 3.51. The van der Waals surface area contributed by atoms with Crippen LogP contribution in [-0.2, 0) is 6.54 Å². The van der Waals surface area contributed by atoms with E-state index in [0.717, 1.165) is 54.7 Å². The highest BCUT2D eigenvalue weighted by atomic mass is 32.1. The van der Waals surface area contributed by atoms with Crippen LogP contribution >= 0.6 is 11.3 Å². The molecule has 2 heterocycles. The lowest BCUT2D eigenvalue weighted by atomic mass is 10.2. The average Bonchev–Trinajstić information content (AvgIpc) is 3.23. The van der Waals surface area contributed by atoms with Crippen LogP contribution in [0.1, 0.15) is 5.69 Å². The third-order valence-electron chi connectivity index (χ3n) is 5.07. The number of nitro groups is 1. The predicted octanol–water partition coefficient (Wildman–Crippen LogP) is 4.05. The van der Waals surface area contributed by atoms with Gasteiger partial charge in [-0.2, -0.15) is 0 Å². The zero-order valence-electron chi connectivity index (χ0n) is 16.2. The van der Waals surface area contributed by atoms with Crippen LogP contribution in [0.4, 0.5) is 11.4 Å². The molecule has 0 amide bonds. The second kappa shape index (κ2) is 8.59. The van der Waals surface area contributed by atoms with E-state index in [9.17, 15) is 10.1 Å². The number of hydrogen-bond acceptors (Lipinski definition) is 7. The van der Waals surface area contributed by atoms with Crippen LogP contribution < -0.4 is 9.64 Å². The molecule has 0 saturated carbocycles. The summed E-state index contributed by atoms with van der Waals surface area (Å²) in [6.07, 6.45) is 0. The molecule has 0 radical (unpaired) electrons. The van der Waals surface area contributed by atoms with Gasteiger partial charge < -0.3 is 9.64 Å². The number of para-hydroxylation sites is 2. The predicted molar refractivity (Wildman–Crippen MR) is 115 cm³/mol. The van der Waals surface area contributed by atoms with Gasteiger partial charge in [0.25, 0.3) is 5.69 Å². The van der Waals surface area contributed by atoms with Crippen molar-refractivity contribution in [1.82, 2.24) is 9.88 Å². The Bertz CT molecular complexity index is 982. The van der Waals surface area contributed by atoms with E-state index in [4.69, 9.17) is 9.72 Å². The largest absolute Gasteiger partial charge is 0.497 e. The number of nitrogens with zero attached hydrogens (tertiary/aromatic N) is 4. The third-order valence-corrected chi connectivity index (χ3v) is 6.01. The van der Waals surface area contributed by atoms with E-state index in [0.29, 0.717) is 5.69 Å². The Morgan fingerprint density at radius 3 is 2.52 bits per heavy atom. The van der Waals surface area contributed by atoms with E-state index in [1.807, 2.05) is 36.4 Å². The van der Waals surface area contributed by atoms with Crippen LogP contribution in [0.15, 0.2) is 53.9 Å². The molecule has 1 aliphatic heterocycles. The molecular formula is C21H22N4O3S. The number of piperazine rings is 1. The average molecular weight is 410 g/mol. The summed E-state index contributed by atoms with van der Waals surface area (Å²) in [7, 11) is 1.66.